The number of nitrogens with one attached hydrogen (secondary N) is 2. The van der Waals surface area contributed by atoms with Gasteiger partial charge >= 0.3 is 0 Å². The van der Waals surface area contributed by atoms with Gasteiger partial charge in [-0.05, 0) is 6.07 Å². The van der Waals surface area contributed by atoms with E-state index in [1.54, 1.807) is 24.3 Å². The molecule has 2 amide bonds. The van der Waals surface area contributed by atoms with Crippen LogP contribution in [0.2, 0.25) is 0 Å². The predicted molar refractivity (Wildman–Crippen MR) is 99.1 cm³/mol. The molecule has 7 nitrogen and oxygen atoms in total. The van der Waals surface area contributed by atoms with Crippen molar-refractivity contribution < 1.29 is 19.2 Å². The van der Waals surface area contributed by atoms with E-state index < -0.39 is 0 Å². The van der Waals surface area contributed by atoms with Crippen molar-refractivity contribution in [3.05, 3.63) is 71.9 Å². The average molecular weight is 365 g/mol. The summed E-state index contributed by atoms with van der Waals surface area (Å²) in [6, 6.07) is 17.6. The van der Waals surface area contributed by atoms with Gasteiger partial charge in [0.05, 0.1) is 6.42 Å². The summed E-state index contributed by atoms with van der Waals surface area (Å²) in [6.45, 7) is 0.514. The lowest BCUT2D eigenvalue weighted by Gasteiger charge is -2.07. The van der Waals surface area contributed by atoms with Gasteiger partial charge in [0.25, 0.3) is 5.91 Å². The van der Waals surface area contributed by atoms with Crippen molar-refractivity contribution in [3.8, 4) is 17.1 Å². The first-order chi connectivity index (χ1) is 13.1. The van der Waals surface area contributed by atoms with E-state index in [0.29, 0.717) is 11.3 Å². The summed E-state index contributed by atoms with van der Waals surface area (Å²) in [6.07, 6.45) is 0.0738. The van der Waals surface area contributed by atoms with E-state index in [-0.39, 0.29) is 42.8 Å². The Morgan fingerprint density at radius 1 is 0.963 bits per heavy atom. The highest BCUT2D eigenvalue weighted by atomic mass is 16.5. The van der Waals surface area contributed by atoms with Crippen molar-refractivity contribution in [1.82, 2.24) is 15.8 Å². The molecular formula is C20H19N3O4. The van der Waals surface area contributed by atoms with E-state index in [2.05, 4.69) is 15.8 Å². The molecule has 27 heavy (non-hydrogen) atoms. The van der Waals surface area contributed by atoms with Crippen LogP contribution in [0, 0.1) is 0 Å². The maximum absolute atomic E-state index is 12.1. The fourth-order valence-corrected chi connectivity index (χ4v) is 2.48. The molecule has 138 valence electrons. The van der Waals surface area contributed by atoms with Crippen molar-refractivity contribution in [1.29, 1.82) is 0 Å². The fourth-order valence-electron chi connectivity index (χ4n) is 2.48. The van der Waals surface area contributed by atoms with Crippen LogP contribution in [0.3, 0.4) is 0 Å². The molecule has 0 bridgehead atoms. The van der Waals surface area contributed by atoms with Gasteiger partial charge in [-0.15, -0.1) is 0 Å². The number of hydrogen-bond acceptors (Lipinski definition) is 5. The van der Waals surface area contributed by atoms with Gasteiger partial charge < -0.3 is 20.3 Å². The van der Waals surface area contributed by atoms with Crippen LogP contribution in [0.25, 0.3) is 11.3 Å². The second-order valence-electron chi connectivity index (χ2n) is 5.85. The van der Waals surface area contributed by atoms with Crippen LogP contribution in [0.1, 0.15) is 16.1 Å². The Hall–Kier alpha value is -3.61. The number of phenols is 1. The third-order valence-electron chi connectivity index (χ3n) is 3.88. The zero-order valence-corrected chi connectivity index (χ0v) is 14.5. The fraction of sp³-hybridized carbons (Fsp3) is 0.150. The molecule has 0 saturated carbocycles. The molecule has 7 heteroatoms. The monoisotopic (exact) mass is 365 g/mol. The molecule has 0 atom stereocenters. The topological polar surface area (TPSA) is 104 Å². The van der Waals surface area contributed by atoms with Crippen LogP contribution < -0.4 is 10.6 Å². The molecule has 0 fully saturated rings. The molecule has 0 unspecified atom stereocenters. The van der Waals surface area contributed by atoms with Gasteiger partial charge in [-0.25, -0.2) is 0 Å². The number of aromatic nitrogens is 1. The Balaban J connectivity index is 1.43. The molecular weight excluding hydrogens is 346 g/mol. The van der Waals surface area contributed by atoms with Gasteiger partial charge in [0.2, 0.25) is 5.91 Å². The summed E-state index contributed by atoms with van der Waals surface area (Å²) < 4.78 is 5.19. The van der Waals surface area contributed by atoms with E-state index in [0.717, 1.165) is 5.56 Å². The number of rotatable bonds is 7. The molecule has 2 aromatic carbocycles. The number of nitrogens with zero attached hydrogens (tertiary/aromatic N) is 1. The smallest absolute Gasteiger partial charge is 0.273 e. The lowest BCUT2D eigenvalue weighted by Crippen LogP contribution is -2.35. The predicted octanol–water partition coefficient (Wildman–Crippen LogP) is 2.14. The van der Waals surface area contributed by atoms with Crippen LogP contribution in [-0.2, 0) is 11.2 Å². The Labute approximate surface area is 156 Å². The van der Waals surface area contributed by atoms with E-state index >= 15 is 0 Å². The molecule has 3 N–H and O–H groups in total. The molecule has 0 radical (unpaired) electrons. The quantitative estimate of drug-likeness (QED) is 0.557. The molecule has 0 spiro atoms. The van der Waals surface area contributed by atoms with Gasteiger partial charge in [0.1, 0.15) is 5.75 Å². The Kier molecular flexibility index (Phi) is 5.84. The van der Waals surface area contributed by atoms with Crippen molar-refractivity contribution in [2.24, 2.45) is 0 Å². The largest absolute Gasteiger partial charge is 0.508 e. The maximum Gasteiger partial charge on any atom is 0.273 e. The SMILES string of the molecule is O=C(Cc1ccccc1O)NCCNC(=O)c1cc(-c2ccccc2)on1. The number of carbonyl (C=O) groups is 2. The number of para-hydroxylation sites is 1. The summed E-state index contributed by atoms with van der Waals surface area (Å²) in [7, 11) is 0. The zero-order chi connectivity index (χ0) is 19.1. The molecule has 0 aliphatic heterocycles. The van der Waals surface area contributed by atoms with Crippen LogP contribution in [0.15, 0.2) is 65.2 Å². The minimum Gasteiger partial charge on any atom is -0.508 e. The third-order valence-corrected chi connectivity index (χ3v) is 3.88. The van der Waals surface area contributed by atoms with Crippen LogP contribution in [-0.4, -0.2) is 35.2 Å². The van der Waals surface area contributed by atoms with Crippen LogP contribution >= 0.6 is 0 Å². The number of carbonyl (C=O) groups excluding carboxylic acids is 2. The standard InChI is InChI=1S/C20H19N3O4/c24-17-9-5-4-8-15(17)12-19(25)21-10-11-22-20(26)16-13-18(27-23-16)14-6-2-1-3-7-14/h1-9,13,24H,10-12H2,(H,21,25)(H,22,26). The molecule has 1 heterocycles. The second-order valence-corrected chi connectivity index (χ2v) is 5.85. The normalized spacial score (nSPS) is 10.4. The van der Waals surface area contributed by atoms with Crippen molar-refractivity contribution in [3.63, 3.8) is 0 Å². The molecule has 3 aromatic rings. The van der Waals surface area contributed by atoms with Crippen molar-refractivity contribution >= 4 is 11.8 Å². The summed E-state index contributed by atoms with van der Waals surface area (Å²) in [5.74, 6) is -0.0210. The Bertz CT molecular complexity index is 922. The van der Waals surface area contributed by atoms with Gasteiger partial charge in [-0.1, -0.05) is 53.7 Å². The maximum atomic E-state index is 12.1. The number of hydrogen-bond donors (Lipinski definition) is 3. The highest BCUT2D eigenvalue weighted by Gasteiger charge is 2.13. The lowest BCUT2D eigenvalue weighted by molar-refractivity contribution is -0.120. The lowest BCUT2D eigenvalue weighted by atomic mass is 10.1. The number of benzene rings is 2. The van der Waals surface area contributed by atoms with Gasteiger partial charge in [0.15, 0.2) is 11.5 Å². The van der Waals surface area contributed by atoms with Gasteiger partial charge in [-0.3, -0.25) is 9.59 Å². The highest BCUT2D eigenvalue weighted by molar-refractivity contribution is 5.93. The minimum absolute atomic E-state index is 0.0738. The van der Waals surface area contributed by atoms with Crippen LogP contribution in [0.5, 0.6) is 5.75 Å². The first kappa shape index (κ1) is 18.2. The van der Waals surface area contributed by atoms with E-state index in [4.69, 9.17) is 4.52 Å². The molecule has 0 aliphatic carbocycles. The number of phenolic OH excluding ortho intramolecular Hbond substituents is 1. The van der Waals surface area contributed by atoms with E-state index in [1.807, 2.05) is 30.3 Å². The van der Waals surface area contributed by atoms with Gasteiger partial charge in [0, 0.05) is 30.3 Å². The zero-order valence-electron chi connectivity index (χ0n) is 14.5. The number of aromatic hydroxyl groups is 1. The molecule has 0 aliphatic rings. The summed E-state index contributed by atoms with van der Waals surface area (Å²) in [5.41, 5.74) is 1.56. The van der Waals surface area contributed by atoms with Crippen molar-refractivity contribution in [2.75, 3.05) is 13.1 Å². The van der Waals surface area contributed by atoms with Gasteiger partial charge in [-0.2, -0.15) is 0 Å². The minimum atomic E-state index is -0.379. The summed E-state index contributed by atoms with van der Waals surface area (Å²) in [5, 5.41) is 18.8. The van der Waals surface area contributed by atoms with Crippen molar-refractivity contribution in [2.45, 2.75) is 6.42 Å². The highest BCUT2D eigenvalue weighted by Crippen LogP contribution is 2.19. The Morgan fingerprint density at radius 3 is 2.44 bits per heavy atom. The first-order valence-corrected chi connectivity index (χ1v) is 8.47. The van der Waals surface area contributed by atoms with E-state index in [1.165, 1.54) is 6.07 Å². The molecule has 0 saturated heterocycles. The number of amides is 2. The second kappa shape index (κ2) is 8.66. The molecule has 1 aromatic heterocycles. The first-order valence-electron chi connectivity index (χ1n) is 8.47. The third kappa shape index (κ3) is 4.94. The Morgan fingerprint density at radius 2 is 1.67 bits per heavy atom. The van der Waals surface area contributed by atoms with Crippen LogP contribution in [0.4, 0.5) is 0 Å². The average Bonchev–Trinajstić information content (AvgIpc) is 3.18. The molecule has 3 rings (SSSR count). The summed E-state index contributed by atoms with van der Waals surface area (Å²) in [4.78, 5) is 24.0. The van der Waals surface area contributed by atoms with E-state index in [9.17, 15) is 14.7 Å². The summed E-state index contributed by atoms with van der Waals surface area (Å²) >= 11 is 0.